The second kappa shape index (κ2) is 4.78. The van der Waals surface area contributed by atoms with E-state index in [4.69, 9.17) is 4.52 Å². The number of nitrogens with one attached hydrogen (secondary N) is 1. The second-order valence-electron chi connectivity index (χ2n) is 3.42. The van der Waals surface area contributed by atoms with E-state index in [9.17, 15) is 9.59 Å². The van der Waals surface area contributed by atoms with Crippen molar-refractivity contribution in [3.63, 3.8) is 0 Å². The smallest absolute Gasteiger partial charge is 0.396 e. The lowest BCUT2D eigenvalue weighted by Crippen LogP contribution is -2.34. The zero-order valence-corrected chi connectivity index (χ0v) is 9.66. The Labute approximate surface area is 92.9 Å². The third-order valence-corrected chi connectivity index (χ3v) is 2.24. The van der Waals surface area contributed by atoms with Crippen molar-refractivity contribution in [2.45, 2.75) is 26.8 Å². The molecule has 1 aromatic heterocycles. The van der Waals surface area contributed by atoms with Crippen LogP contribution in [0, 0.1) is 13.8 Å². The summed E-state index contributed by atoms with van der Waals surface area (Å²) in [6, 6.07) is -0.349. The number of carbonyl (C=O) groups excluding carboxylic acids is 2. The van der Waals surface area contributed by atoms with E-state index in [1.807, 2.05) is 0 Å². The SMILES string of the molecule is COC(=O)C(=O)NC(C)c1c(C)noc1C. The molecule has 1 amide bonds. The van der Waals surface area contributed by atoms with Gasteiger partial charge in [-0.05, 0) is 20.8 Å². The average molecular weight is 226 g/mol. The molecule has 1 unspecified atom stereocenters. The molecule has 0 aliphatic heterocycles. The molecular formula is C10H14N2O4. The zero-order valence-electron chi connectivity index (χ0n) is 9.66. The molecule has 88 valence electrons. The second-order valence-corrected chi connectivity index (χ2v) is 3.42. The van der Waals surface area contributed by atoms with E-state index >= 15 is 0 Å². The number of aromatic nitrogens is 1. The minimum absolute atomic E-state index is 0.349. The van der Waals surface area contributed by atoms with Crippen LogP contribution in [0.15, 0.2) is 4.52 Å². The van der Waals surface area contributed by atoms with Crippen molar-refractivity contribution >= 4 is 11.9 Å². The zero-order chi connectivity index (χ0) is 12.3. The number of ether oxygens (including phenoxy) is 1. The maximum absolute atomic E-state index is 11.3. The van der Waals surface area contributed by atoms with Gasteiger partial charge in [-0.1, -0.05) is 5.16 Å². The molecule has 0 aromatic carbocycles. The molecule has 1 heterocycles. The van der Waals surface area contributed by atoms with Gasteiger partial charge in [0.1, 0.15) is 5.76 Å². The largest absolute Gasteiger partial charge is 0.462 e. The van der Waals surface area contributed by atoms with Gasteiger partial charge < -0.3 is 14.6 Å². The molecule has 0 saturated carbocycles. The standard InChI is InChI=1S/C10H14N2O4/c1-5(11-9(13)10(14)15-4)8-6(2)12-16-7(8)3/h5H,1-4H3,(H,11,13). The highest BCUT2D eigenvalue weighted by molar-refractivity contribution is 6.32. The van der Waals surface area contributed by atoms with Gasteiger partial charge in [0.15, 0.2) is 0 Å². The van der Waals surface area contributed by atoms with Gasteiger partial charge in [-0.3, -0.25) is 4.79 Å². The van der Waals surface area contributed by atoms with Gasteiger partial charge in [-0.25, -0.2) is 4.79 Å². The van der Waals surface area contributed by atoms with Crippen molar-refractivity contribution in [1.29, 1.82) is 0 Å². The fraction of sp³-hybridized carbons (Fsp3) is 0.500. The normalized spacial score (nSPS) is 12.0. The van der Waals surface area contributed by atoms with Crippen LogP contribution in [0.25, 0.3) is 0 Å². The van der Waals surface area contributed by atoms with Gasteiger partial charge >= 0.3 is 11.9 Å². The highest BCUT2D eigenvalue weighted by atomic mass is 16.5. The number of aryl methyl sites for hydroxylation is 2. The number of methoxy groups -OCH3 is 1. The van der Waals surface area contributed by atoms with Gasteiger partial charge in [-0.2, -0.15) is 0 Å². The number of amides is 1. The summed E-state index contributed by atoms with van der Waals surface area (Å²) in [5.74, 6) is -1.08. The number of esters is 1. The predicted molar refractivity (Wildman–Crippen MR) is 54.6 cm³/mol. The Morgan fingerprint density at radius 1 is 1.44 bits per heavy atom. The summed E-state index contributed by atoms with van der Waals surface area (Å²) in [5, 5.41) is 6.27. The number of carbonyl (C=O) groups is 2. The van der Waals surface area contributed by atoms with E-state index in [0.717, 1.165) is 12.7 Å². The monoisotopic (exact) mass is 226 g/mol. The van der Waals surface area contributed by atoms with E-state index in [1.54, 1.807) is 20.8 Å². The number of rotatable bonds is 2. The van der Waals surface area contributed by atoms with Crippen LogP contribution >= 0.6 is 0 Å². The Balaban J connectivity index is 2.77. The number of nitrogens with zero attached hydrogens (tertiary/aromatic N) is 1. The molecule has 1 atom stereocenters. The van der Waals surface area contributed by atoms with E-state index in [1.165, 1.54) is 0 Å². The first-order valence-electron chi connectivity index (χ1n) is 4.79. The third kappa shape index (κ3) is 2.39. The Kier molecular flexibility index (Phi) is 3.65. The van der Waals surface area contributed by atoms with Gasteiger partial charge in [0, 0.05) is 5.56 Å². The van der Waals surface area contributed by atoms with E-state index in [-0.39, 0.29) is 6.04 Å². The van der Waals surface area contributed by atoms with Gasteiger partial charge in [0.25, 0.3) is 0 Å². The summed E-state index contributed by atoms with van der Waals surface area (Å²) in [7, 11) is 1.16. The molecular weight excluding hydrogens is 212 g/mol. The molecule has 0 saturated heterocycles. The summed E-state index contributed by atoms with van der Waals surface area (Å²) in [6.45, 7) is 5.26. The van der Waals surface area contributed by atoms with Crippen LogP contribution in [0.4, 0.5) is 0 Å². The van der Waals surface area contributed by atoms with Gasteiger partial charge in [-0.15, -0.1) is 0 Å². The molecule has 0 spiro atoms. The first kappa shape index (κ1) is 12.2. The van der Waals surface area contributed by atoms with Crippen molar-refractivity contribution in [2.75, 3.05) is 7.11 Å². The first-order chi connectivity index (χ1) is 7.47. The first-order valence-corrected chi connectivity index (χ1v) is 4.79. The molecule has 0 bridgehead atoms. The van der Waals surface area contributed by atoms with Crippen molar-refractivity contribution in [1.82, 2.24) is 10.5 Å². The highest BCUT2D eigenvalue weighted by Crippen LogP contribution is 2.20. The Morgan fingerprint density at radius 2 is 2.06 bits per heavy atom. The van der Waals surface area contributed by atoms with Crippen molar-refractivity contribution in [2.24, 2.45) is 0 Å². The lowest BCUT2D eigenvalue weighted by atomic mass is 10.1. The summed E-state index contributed by atoms with van der Waals surface area (Å²) in [5.41, 5.74) is 1.47. The molecule has 0 radical (unpaired) electrons. The van der Waals surface area contributed by atoms with E-state index in [2.05, 4.69) is 15.2 Å². The molecule has 1 rings (SSSR count). The van der Waals surface area contributed by atoms with E-state index in [0.29, 0.717) is 11.5 Å². The van der Waals surface area contributed by atoms with Crippen LogP contribution in [0.1, 0.15) is 30.0 Å². The van der Waals surface area contributed by atoms with Crippen molar-refractivity contribution in [3.8, 4) is 0 Å². The maximum atomic E-state index is 11.3. The number of hydrogen-bond acceptors (Lipinski definition) is 5. The van der Waals surface area contributed by atoms with Crippen LogP contribution in [0.5, 0.6) is 0 Å². The molecule has 0 aliphatic carbocycles. The molecule has 1 N–H and O–H groups in total. The molecule has 0 aliphatic rings. The van der Waals surface area contributed by atoms with E-state index < -0.39 is 11.9 Å². The minimum Gasteiger partial charge on any atom is -0.462 e. The third-order valence-electron chi connectivity index (χ3n) is 2.24. The van der Waals surface area contributed by atoms with Crippen LogP contribution in [-0.4, -0.2) is 24.1 Å². The van der Waals surface area contributed by atoms with Gasteiger partial charge in [0.2, 0.25) is 0 Å². The predicted octanol–water partition coefficient (Wildman–Crippen LogP) is 0.642. The average Bonchev–Trinajstić information content (AvgIpc) is 2.57. The minimum atomic E-state index is -0.918. The molecule has 6 nitrogen and oxygen atoms in total. The fourth-order valence-corrected chi connectivity index (χ4v) is 1.53. The fourth-order valence-electron chi connectivity index (χ4n) is 1.53. The Hall–Kier alpha value is -1.85. The van der Waals surface area contributed by atoms with Gasteiger partial charge in [0.05, 0.1) is 18.8 Å². The summed E-state index contributed by atoms with van der Waals surface area (Å²) in [6.07, 6.45) is 0. The molecule has 0 fully saturated rings. The number of hydrogen-bond donors (Lipinski definition) is 1. The summed E-state index contributed by atoms with van der Waals surface area (Å²) < 4.78 is 9.27. The molecule has 16 heavy (non-hydrogen) atoms. The highest BCUT2D eigenvalue weighted by Gasteiger charge is 2.21. The van der Waals surface area contributed by atoms with Crippen molar-refractivity contribution in [3.05, 3.63) is 17.0 Å². The topological polar surface area (TPSA) is 81.4 Å². The quantitative estimate of drug-likeness (QED) is 0.591. The Bertz CT molecular complexity index is 391. The van der Waals surface area contributed by atoms with Crippen LogP contribution in [0.3, 0.4) is 0 Å². The lowest BCUT2D eigenvalue weighted by molar-refractivity contribution is -0.153. The molecule has 1 aromatic rings. The van der Waals surface area contributed by atoms with Crippen LogP contribution < -0.4 is 5.32 Å². The van der Waals surface area contributed by atoms with Crippen LogP contribution in [-0.2, 0) is 14.3 Å². The lowest BCUT2D eigenvalue weighted by Gasteiger charge is -2.12. The summed E-state index contributed by atoms with van der Waals surface area (Å²) in [4.78, 5) is 22.2. The maximum Gasteiger partial charge on any atom is 0.396 e. The Morgan fingerprint density at radius 3 is 2.50 bits per heavy atom. The summed E-state index contributed by atoms with van der Waals surface area (Å²) >= 11 is 0. The van der Waals surface area contributed by atoms with Crippen LogP contribution in [0.2, 0.25) is 0 Å². The molecule has 6 heteroatoms. The van der Waals surface area contributed by atoms with Crippen molar-refractivity contribution < 1.29 is 18.8 Å².